The van der Waals surface area contributed by atoms with Gasteiger partial charge in [-0.1, -0.05) is 18.0 Å². The van der Waals surface area contributed by atoms with E-state index in [0.717, 1.165) is 19.7 Å². The molecule has 0 radical (unpaired) electrons. The molecule has 1 aliphatic heterocycles. The minimum absolute atomic E-state index is 0.492. The molecule has 2 aliphatic rings. The first-order valence-corrected chi connectivity index (χ1v) is 6.53. The van der Waals surface area contributed by atoms with Crippen molar-refractivity contribution < 1.29 is 4.74 Å². The standard InChI is InChI=1S/C12H22N4O/c1-17-9-11-8-16(7-6-14-15-13)10-12(11)4-2-3-5-12/h11H,2-10H2,1H3/t11-/m0/s1. The van der Waals surface area contributed by atoms with Gasteiger partial charge in [0.1, 0.15) is 0 Å². The van der Waals surface area contributed by atoms with E-state index in [1.54, 1.807) is 7.11 Å². The lowest BCUT2D eigenvalue weighted by Gasteiger charge is -2.29. The van der Waals surface area contributed by atoms with Crippen molar-refractivity contribution in [3.05, 3.63) is 10.4 Å². The summed E-state index contributed by atoms with van der Waals surface area (Å²) in [5, 5.41) is 3.63. The molecular formula is C12H22N4O. The molecule has 0 unspecified atom stereocenters. The van der Waals surface area contributed by atoms with Crippen LogP contribution in [0.5, 0.6) is 0 Å². The van der Waals surface area contributed by atoms with Crippen LogP contribution in [0.2, 0.25) is 0 Å². The van der Waals surface area contributed by atoms with Gasteiger partial charge in [-0.25, -0.2) is 0 Å². The number of nitrogens with zero attached hydrogens (tertiary/aromatic N) is 4. The van der Waals surface area contributed by atoms with Gasteiger partial charge < -0.3 is 9.64 Å². The zero-order valence-corrected chi connectivity index (χ0v) is 10.6. The Hall–Kier alpha value is -0.770. The topological polar surface area (TPSA) is 61.2 Å². The van der Waals surface area contributed by atoms with Crippen molar-refractivity contribution in [2.24, 2.45) is 16.4 Å². The predicted molar refractivity (Wildman–Crippen MR) is 66.7 cm³/mol. The van der Waals surface area contributed by atoms with Crippen LogP contribution in [0.4, 0.5) is 0 Å². The molecule has 1 spiro atoms. The molecule has 0 aromatic heterocycles. The van der Waals surface area contributed by atoms with Gasteiger partial charge in [0.15, 0.2) is 0 Å². The molecule has 0 amide bonds. The molecule has 2 fully saturated rings. The first kappa shape index (κ1) is 12.7. The maximum atomic E-state index is 8.30. The largest absolute Gasteiger partial charge is 0.384 e. The summed E-state index contributed by atoms with van der Waals surface area (Å²) in [6.07, 6.45) is 5.42. The number of likely N-dealkylation sites (tertiary alicyclic amines) is 1. The molecule has 1 atom stereocenters. The highest BCUT2D eigenvalue weighted by atomic mass is 16.5. The number of hydrogen-bond donors (Lipinski definition) is 0. The van der Waals surface area contributed by atoms with Crippen LogP contribution in [0, 0.1) is 11.3 Å². The van der Waals surface area contributed by atoms with E-state index < -0.39 is 0 Å². The summed E-state index contributed by atoms with van der Waals surface area (Å²) in [5.74, 6) is 0.668. The molecular weight excluding hydrogens is 216 g/mol. The second-order valence-corrected chi connectivity index (χ2v) is 5.41. The lowest BCUT2D eigenvalue weighted by molar-refractivity contribution is 0.0968. The van der Waals surface area contributed by atoms with E-state index in [0.29, 0.717) is 17.9 Å². The van der Waals surface area contributed by atoms with Gasteiger partial charge in [-0.05, 0) is 23.8 Å². The average molecular weight is 238 g/mol. The van der Waals surface area contributed by atoms with Crippen LogP contribution in [-0.2, 0) is 4.74 Å². The maximum Gasteiger partial charge on any atom is 0.0508 e. The van der Waals surface area contributed by atoms with Gasteiger partial charge in [-0.2, -0.15) is 0 Å². The third-order valence-electron chi connectivity index (χ3n) is 4.43. The third kappa shape index (κ3) is 2.73. The van der Waals surface area contributed by atoms with E-state index in [4.69, 9.17) is 10.3 Å². The maximum absolute atomic E-state index is 8.30. The van der Waals surface area contributed by atoms with Crippen LogP contribution in [0.1, 0.15) is 25.7 Å². The van der Waals surface area contributed by atoms with Crippen LogP contribution >= 0.6 is 0 Å². The quantitative estimate of drug-likeness (QED) is 0.419. The molecule has 0 aromatic carbocycles. The van der Waals surface area contributed by atoms with Crippen molar-refractivity contribution in [1.29, 1.82) is 0 Å². The Morgan fingerprint density at radius 3 is 2.88 bits per heavy atom. The molecule has 5 nitrogen and oxygen atoms in total. The van der Waals surface area contributed by atoms with Crippen LogP contribution in [0.15, 0.2) is 5.11 Å². The van der Waals surface area contributed by atoms with E-state index >= 15 is 0 Å². The van der Waals surface area contributed by atoms with Crippen molar-refractivity contribution in [3.63, 3.8) is 0 Å². The molecule has 0 N–H and O–H groups in total. The van der Waals surface area contributed by atoms with Gasteiger partial charge >= 0.3 is 0 Å². The van der Waals surface area contributed by atoms with Gasteiger partial charge in [0, 0.05) is 44.1 Å². The van der Waals surface area contributed by atoms with Crippen molar-refractivity contribution in [2.45, 2.75) is 25.7 Å². The van der Waals surface area contributed by atoms with Gasteiger partial charge in [0.2, 0.25) is 0 Å². The summed E-state index contributed by atoms with van der Waals surface area (Å²) in [4.78, 5) is 5.26. The fraction of sp³-hybridized carbons (Fsp3) is 1.00. The molecule has 0 bridgehead atoms. The van der Waals surface area contributed by atoms with Crippen molar-refractivity contribution >= 4 is 0 Å². The number of rotatable bonds is 5. The molecule has 1 saturated heterocycles. The number of ether oxygens (including phenoxy) is 1. The Bertz CT molecular complexity index is 295. The second kappa shape index (κ2) is 5.71. The summed E-state index contributed by atoms with van der Waals surface area (Å²) in [7, 11) is 1.80. The lowest BCUT2D eigenvalue weighted by atomic mass is 9.77. The summed E-state index contributed by atoms with van der Waals surface area (Å²) in [6.45, 7) is 4.63. The van der Waals surface area contributed by atoms with Gasteiger partial charge in [0.05, 0.1) is 6.61 Å². The van der Waals surface area contributed by atoms with E-state index in [1.165, 1.54) is 32.2 Å². The lowest BCUT2D eigenvalue weighted by Crippen LogP contribution is -2.30. The Kier molecular flexibility index (Phi) is 4.26. The number of azide groups is 1. The Morgan fingerprint density at radius 1 is 1.47 bits per heavy atom. The Labute approximate surface area is 103 Å². The van der Waals surface area contributed by atoms with Crippen molar-refractivity contribution in [2.75, 3.05) is 39.9 Å². The molecule has 1 heterocycles. The number of hydrogen-bond acceptors (Lipinski definition) is 3. The number of methoxy groups -OCH3 is 1. The van der Waals surface area contributed by atoms with Crippen LogP contribution in [-0.4, -0.2) is 44.8 Å². The summed E-state index contributed by atoms with van der Waals surface area (Å²) in [5.41, 5.74) is 8.79. The zero-order valence-electron chi connectivity index (χ0n) is 10.6. The van der Waals surface area contributed by atoms with E-state index in [-0.39, 0.29) is 0 Å². The van der Waals surface area contributed by atoms with Crippen LogP contribution in [0.25, 0.3) is 10.4 Å². The Balaban J connectivity index is 1.94. The smallest absolute Gasteiger partial charge is 0.0508 e. The van der Waals surface area contributed by atoms with E-state index in [2.05, 4.69) is 14.9 Å². The van der Waals surface area contributed by atoms with Gasteiger partial charge in [-0.3, -0.25) is 0 Å². The molecule has 1 saturated carbocycles. The Morgan fingerprint density at radius 2 is 2.24 bits per heavy atom. The van der Waals surface area contributed by atoms with E-state index in [9.17, 15) is 0 Å². The zero-order chi connectivity index (χ0) is 12.1. The minimum atomic E-state index is 0.492. The average Bonchev–Trinajstić information content (AvgIpc) is 2.90. The van der Waals surface area contributed by atoms with Crippen LogP contribution in [0.3, 0.4) is 0 Å². The highest BCUT2D eigenvalue weighted by molar-refractivity contribution is 4.99. The highest BCUT2D eigenvalue weighted by Gasteiger charge is 2.47. The van der Waals surface area contributed by atoms with Gasteiger partial charge in [0.25, 0.3) is 0 Å². The molecule has 17 heavy (non-hydrogen) atoms. The highest BCUT2D eigenvalue weighted by Crippen LogP contribution is 2.48. The normalized spacial score (nSPS) is 27.5. The third-order valence-corrected chi connectivity index (χ3v) is 4.43. The monoisotopic (exact) mass is 238 g/mol. The minimum Gasteiger partial charge on any atom is -0.384 e. The fourth-order valence-corrected chi connectivity index (χ4v) is 3.62. The molecule has 5 heteroatoms. The second-order valence-electron chi connectivity index (χ2n) is 5.41. The summed E-state index contributed by atoms with van der Waals surface area (Å²) in [6, 6.07) is 0. The summed E-state index contributed by atoms with van der Waals surface area (Å²) < 4.78 is 5.38. The molecule has 2 rings (SSSR count). The van der Waals surface area contributed by atoms with Crippen LogP contribution < -0.4 is 0 Å². The SMILES string of the molecule is COC[C@@H]1CN(CCN=[N+]=[N-])CC12CCCC2. The summed E-state index contributed by atoms with van der Waals surface area (Å²) >= 11 is 0. The fourth-order valence-electron chi connectivity index (χ4n) is 3.62. The predicted octanol–water partition coefficient (Wildman–Crippen LogP) is 2.44. The van der Waals surface area contributed by atoms with Crippen molar-refractivity contribution in [1.82, 2.24) is 4.90 Å². The first-order chi connectivity index (χ1) is 8.30. The van der Waals surface area contributed by atoms with Crippen molar-refractivity contribution in [3.8, 4) is 0 Å². The van der Waals surface area contributed by atoms with E-state index in [1.807, 2.05) is 0 Å². The molecule has 1 aliphatic carbocycles. The first-order valence-electron chi connectivity index (χ1n) is 6.53. The van der Waals surface area contributed by atoms with Gasteiger partial charge in [-0.15, -0.1) is 0 Å². The molecule has 96 valence electrons. The molecule has 0 aromatic rings.